The van der Waals surface area contributed by atoms with E-state index in [1.165, 1.54) is 12.1 Å². The molecule has 0 aliphatic heterocycles. The summed E-state index contributed by atoms with van der Waals surface area (Å²) < 4.78 is 46.0. The second kappa shape index (κ2) is 5.74. The van der Waals surface area contributed by atoms with Crippen LogP contribution in [-0.4, -0.2) is 11.0 Å². The van der Waals surface area contributed by atoms with Crippen molar-refractivity contribution in [1.82, 2.24) is 0 Å². The summed E-state index contributed by atoms with van der Waals surface area (Å²) in [6.45, 7) is 1.61. The second-order valence-corrected chi connectivity index (χ2v) is 4.27. The van der Waals surface area contributed by atoms with Crippen molar-refractivity contribution in [3.8, 4) is 11.5 Å². The van der Waals surface area contributed by atoms with Crippen molar-refractivity contribution >= 4 is 5.84 Å². The Labute approximate surface area is 118 Å². The number of benzene rings is 2. The molecule has 0 saturated heterocycles. The van der Waals surface area contributed by atoms with E-state index in [1.54, 1.807) is 6.92 Å². The van der Waals surface area contributed by atoms with Crippen molar-refractivity contribution in [2.24, 2.45) is 10.9 Å². The zero-order valence-electron chi connectivity index (χ0n) is 10.9. The lowest BCUT2D eigenvalue weighted by Crippen LogP contribution is -2.14. The molecule has 0 heterocycles. The van der Waals surface area contributed by atoms with Crippen LogP contribution in [0.2, 0.25) is 0 Å². The number of ether oxygens (including phenoxy) is 1. The average Bonchev–Trinajstić information content (AvgIpc) is 2.45. The highest BCUT2D eigenvalue weighted by Gasteiger charge is 2.16. The number of nitrogens with zero attached hydrogens (tertiary/aromatic N) is 1. The Balaban J connectivity index is 2.43. The number of aryl methyl sites for hydroxylation is 1. The number of nitrogens with two attached hydrogens (primary N) is 1. The molecule has 4 nitrogen and oxygen atoms in total. The van der Waals surface area contributed by atoms with Crippen molar-refractivity contribution < 1.29 is 23.1 Å². The van der Waals surface area contributed by atoms with Gasteiger partial charge in [-0.25, -0.2) is 13.2 Å². The quantitative estimate of drug-likeness (QED) is 0.395. The predicted molar refractivity (Wildman–Crippen MR) is 70.1 cm³/mol. The van der Waals surface area contributed by atoms with Gasteiger partial charge in [-0.05, 0) is 30.7 Å². The summed E-state index contributed by atoms with van der Waals surface area (Å²) in [7, 11) is 0. The van der Waals surface area contributed by atoms with Gasteiger partial charge in [0.05, 0.1) is 0 Å². The Kier molecular flexibility index (Phi) is 4.02. The fourth-order valence-corrected chi connectivity index (χ4v) is 1.66. The average molecular weight is 296 g/mol. The van der Waals surface area contributed by atoms with Crippen LogP contribution in [0.15, 0.2) is 35.5 Å². The van der Waals surface area contributed by atoms with E-state index in [-0.39, 0.29) is 11.3 Å². The standard InChI is InChI=1S/C14H11F3N2O2/c1-7-2-3-9(15)6-12(7)21-13-10(16)4-8(5-11(13)17)14(18)19-20/h2-6,20H,1H3,(H2,18,19). The zero-order valence-corrected chi connectivity index (χ0v) is 10.9. The van der Waals surface area contributed by atoms with Crippen LogP contribution >= 0.6 is 0 Å². The summed E-state index contributed by atoms with van der Waals surface area (Å²) in [5.74, 6) is -3.85. The van der Waals surface area contributed by atoms with Gasteiger partial charge in [-0.3, -0.25) is 0 Å². The van der Waals surface area contributed by atoms with Gasteiger partial charge < -0.3 is 15.7 Å². The lowest BCUT2D eigenvalue weighted by molar-refractivity contribution is 0.318. The van der Waals surface area contributed by atoms with Crippen molar-refractivity contribution in [2.75, 3.05) is 0 Å². The lowest BCUT2D eigenvalue weighted by Gasteiger charge is -2.11. The Hall–Kier alpha value is -2.70. The third-order valence-electron chi connectivity index (χ3n) is 2.76. The van der Waals surface area contributed by atoms with E-state index in [9.17, 15) is 13.2 Å². The van der Waals surface area contributed by atoms with Crippen LogP contribution in [0.5, 0.6) is 11.5 Å². The monoisotopic (exact) mass is 296 g/mol. The molecular weight excluding hydrogens is 285 g/mol. The smallest absolute Gasteiger partial charge is 0.198 e. The van der Waals surface area contributed by atoms with Gasteiger partial charge in [-0.15, -0.1) is 0 Å². The molecule has 2 aromatic rings. The molecule has 0 aromatic heterocycles. The minimum Gasteiger partial charge on any atom is -0.451 e. The largest absolute Gasteiger partial charge is 0.451 e. The number of halogens is 3. The molecule has 3 N–H and O–H groups in total. The highest BCUT2D eigenvalue weighted by atomic mass is 19.1. The molecule has 0 spiro atoms. The summed E-state index contributed by atoms with van der Waals surface area (Å²) in [6, 6.07) is 5.34. The van der Waals surface area contributed by atoms with Gasteiger partial charge in [0.2, 0.25) is 0 Å². The second-order valence-electron chi connectivity index (χ2n) is 4.27. The number of rotatable bonds is 3. The maximum Gasteiger partial charge on any atom is 0.198 e. The van der Waals surface area contributed by atoms with Crippen molar-refractivity contribution in [1.29, 1.82) is 0 Å². The Bertz CT molecular complexity index is 694. The molecule has 0 radical (unpaired) electrons. The van der Waals surface area contributed by atoms with Crippen LogP contribution in [-0.2, 0) is 0 Å². The predicted octanol–water partition coefficient (Wildman–Crippen LogP) is 3.30. The minimum atomic E-state index is -1.06. The normalized spacial score (nSPS) is 11.5. The highest BCUT2D eigenvalue weighted by Crippen LogP contribution is 2.31. The fraction of sp³-hybridized carbons (Fsp3) is 0.0714. The highest BCUT2D eigenvalue weighted by molar-refractivity contribution is 5.97. The molecule has 21 heavy (non-hydrogen) atoms. The lowest BCUT2D eigenvalue weighted by atomic mass is 10.1. The first kappa shape index (κ1) is 14.7. The maximum atomic E-state index is 13.9. The van der Waals surface area contributed by atoms with E-state index >= 15 is 0 Å². The molecule has 0 aliphatic carbocycles. The van der Waals surface area contributed by atoms with Crippen LogP contribution in [0.1, 0.15) is 11.1 Å². The summed E-state index contributed by atoms with van der Waals surface area (Å²) in [6.07, 6.45) is 0. The van der Waals surface area contributed by atoms with E-state index in [2.05, 4.69) is 5.16 Å². The van der Waals surface area contributed by atoms with E-state index in [0.29, 0.717) is 5.56 Å². The van der Waals surface area contributed by atoms with Gasteiger partial charge in [-0.1, -0.05) is 11.2 Å². The van der Waals surface area contributed by atoms with Crippen LogP contribution in [0.4, 0.5) is 13.2 Å². The first-order valence-corrected chi connectivity index (χ1v) is 5.83. The Morgan fingerprint density at radius 1 is 1.14 bits per heavy atom. The molecule has 2 rings (SSSR count). The van der Waals surface area contributed by atoms with E-state index in [1.807, 2.05) is 0 Å². The van der Waals surface area contributed by atoms with Crippen molar-refractivity contribution in [3.63, 3.8) is 0 Å². The summed E-state index contributed by atoms with van der Waals surface area (Å²) in [4.78, 5) is 0. The first-order valence-electron chi connectivity index (χ1n) is 5.83. The number of oxime groups is 1. The molecule has 0 bridgehead atoms. The minimum absolute atomic E-state index is 0.00986. The van der Waals surface area contributed by atoms with E-state index in [0.717, 1.165) is 18.2 Å². The molecule has 110 valence electrons. The maximum absolute atomic E-state index is 13.9. The van der Waals surface area contributed by atoms with Crippen molar-refractivity contribution in [3.05, 3.63) is 58.9 Å². The van der Waals surface area contributed by atoms with E-state index in [4.69, 9.17) is 15.7 Å². The molecule has 7 heteroatoms. The summed E-state index contributed by atoms with van der Waals surface area (Å²) >= 11 is 0. The van der Waals surface area contributed by atoms with Crippen molar-refractivity contribution in [2.45, 2.75) is 6.92 Å². The third kappa shape index (κ3) is 3.07. The summed E-state index contributed by atoms with van der Waals surface area (Å²) in [5, 5.41) is 11.1. The molecule has 0 saturated carbocycles. The first-order chi connectivity index (χ1) is 9.92. The van der Waals surface area contributed by atoms with Crippen LogP contribution in [0.3, 0.4) is 0 Å². The zero-order chi connectivity index (χ0) is 15.6. The fourth-order valence-electron chi connectivity index (χ4n) is 1.66. The molecule has 0 unspecified atom stereocenters. The SMILES string of the molecule is Cc1ccc(F)cc1Oc1c(F)cc(/C(N)=N/O)cc1F. The van der Waals surface area contributed by atoms with Crippen LogP contribution in [0.25, 0.3) is 0 Å². The van der Waals surface area contributed by atoms with Gasteiger partial charge >= 0.3 is 0 Å². The number of hydrogen-bond acceptors (Lipinski definition) is 3. The van der Waals surface area contributed by atoms with Gasteiger partial charge in [0, 0.05) is 11.6 Å². The molecule has 0 fully saturated rings. The molecule has 0 amide bonds. The van der Waals surface area contributed by atoms with Gasteiger partial charge in [0.1, 0.15) is 11.6 Å². The molecule has 0 atom stereocenters. The number of amidine groups is 1. The molecule has 2 aromatic carbocycles. The third-order valence-corrected chi connectivity index (χ3v) is 2.76. The van der Waals surface area contributed by atoms with Crippen LogP contribution in [0, 0.1) is 24.4 Å². The van der Waals surface area contributed by atoms with Gasteiger partial charge in [-0.2, -0.15) is 0 Å². The molecular formula is C14H11F3N2O2. The van der Waals surface area contributed by atoms with Crippen LogP contribution < -0.4 is 10.5 Å². The van der Waals surface area contributed by atoms with Gasteiger partial charge in [0.25, 0.3) is 0 Å². The van der Waals surface area contributed by atoms with Gasteiger partial charge in [0.15, 0.2) is 23.2 Å². The summed E-state index contributed by atoms with van der Waals surface area (Å²) in [5.41, 5.74) is 5.62. The topological polar surface area (TPSA) is 67.8 Å². The number of hydrogen-bond donors (Lipinski definition) is 2. The molecule has 0 aliphatic rings. The Morgan fingerprint density at radius 2 is 1.76 bits per heavy atom. The Morgan fingerprint density at radius 3 is 2.33 bits per heavy atom. The van der Waals surface area contributed by atoms with E-state index < -0.39 is 29.0 Å².